The van der Waals surface area contributed by atoms with E-state index in [0.717, 1.165) is 22.7 Å². The maximum atomic E-state index is 13.7. The quantitative estimate of drug-likeness (QED) is 0.294. The smallest absolute Gasteiger partial charge is 0.299 e. The second-order valence-electron chi connectivity index (χ2n) is 9.14. The van der Waals surface area contributed by atoms with Crippen LogP contribution in [0.3, 0.4) is 0 Å². The normalized spacial score (nSPS) is 22.2. The van der Waals surface area contributed by atoms with E-state index in [0.29, 0.717) is 16.5 Å². The fourth-order valence-corrected chi connectivity index (χ4v) is 5.70. The minimum atomic E-state index is -4.56. The zero-order chi connectivity index (χ0) is 26.5. The van der Waals surface area contributed by atoms with Gasteiger partial charge >= 0.3 is 6.18 Å². The number of aromatic nitrogens is 2. The molecular weight excluding hydrogens is 532 g/mol. The molecule has 0 spiro atoms. The van der Waals surface area contributed by atoms with Crippen molar-refractivity contribution < 1.29 is 27.2 Å². The number of alkyl halides is 4. The zero-order valence-electron chi connectivity index (χ0n) is 19.5. The lowest BCUT2D eigenvalue weighted by Gasteiger charge is -2.23. The molecule has 0 aliphatic carbocycles. The Labute approximate surface area is 218 Å². The molecule has 2 aliphatic rings. The Kier molecular flexibility index (Phi) is 6.80. The third-order valence-electron chi connectivity index (χ3n) is 6.57. The summed E-state index contributed by atoms with van der Waals surface area (Å²) < 4.78 is 55.6. The average molecular weight is 553 g/mol. The molecule has 3 heterocycles. The number of thioether (sulfide) groups is 1. The minimum Gasteiger partial charge on any atom is -0.299 e. The predicted octanol–water partition coefficient (Wildman–Crippen LogP) is 5.84. The predicted molar refractivity (Wildman–Crippen MR) is 134 cm³/mol. The average Bonchev–Trinajstić information content (AvgIpc) is 3.45. The Morgan fingerprint density at radius 1 is 1.19 bits per heavy atom. The Bertz CT molecular complexity index is 1420. The molecule has 0 bridgehead atoms. The number of likely N-dealkylation sites (tertiary alicyclic amines) is 1. The molecule has 5 rings (SSSR count). The highest BCUT2D eigenvalue weighted by molar-refractivity contribution is 8.18. The van der Waals surface area contributed by atoms with E-state index in [2.05, 4.69) is 5.10 Å². The summed E-state index contributed by atoms with van der Waals surface area (Å²) in [4.78, 5) is 28.6. The molecular formula is C25H21ClF4N4O2S. The molecule has 3 aromatic rings. The first-order valence-corrected chi connectivity index (χ1v) is 12.6. The van der Waals surface area contributed by atoms with Crippen LogP contribution in [0.25, 0.3) is 17.0 Å². The van der Waals surface area contributed by atoms with Crippen LogP contribution in [0, 0.1) is 0 Å². The van der Waals surface area contributed by atoms with Gasteiger partial charge < -0.3 is 0 Å². The van der Waals surface area contributed by atoms with Crippen LogP contribution in [0.1, 0.15) is 23.1 Å². The number of benzene rings is 2. The first kappa shape index (κ1) is 25.7. The van der Waals surface area contributed by atoms with Gasteiger partial charge in [-0.25, -0.2) is 4.39 Å². The molecule has 0 N–H and O–H groups in total. The summed E-state index contributed by atoms with van der Waals surface area (Å²) in [7, 11) is 1.77. The number of halogens is 5. The van der Waals surface area contributed by atoms with Crippen molar-refractivity contribution in [2.75, 3.05) is 20.1 Å². The molecule has 2 fully saturated rings. The fraction of sp³-hybridized carbons (Fsp3) is 0.320. The summed E-state index contributed by atoms with van der Waals surface area (Å²) in [5.41, 5.74) is 0.466. The highest BCUT2D eigenvalue weighted by atomic mass is 35.5. The van der Waals surface area contributed by atoms with Crippen LogP contribution >= 0.6 is 23.4 Å². The number of carbonyl (C=O) groups is 2. The van der Waals surface area contributed by atoms with Gasteiger partial charge in [-0.15, -0.1) is 0 Å². The summed E-state index contributed by atoms with van der Waals surface area (Å²) in [6.07, 6.45) is -2.12. The van der Waals surface area contributed by atoms with Gasteiger partial charge in [-0.1, -0.05) is 23.7 Å². The van der Waals surface area contributed by atoms with Gasteiger partial charge in [-0.3, -0.25) is 24.1 Å². The lowest BCUT2D eigenvalue weighted by atomic mass is 10.1. The van der Waals surface area contributed by atoms with E-state index in [-0.39, 0.29) is 47.6 Å². The van der Waals surface area contributed by atoms with Gasteiger partial charge in [0.25, 0.3) is 11.1 Å². The van der Waals surface area contributed by atoms with E-state index in [1.807, 2.05) is 4.90 Å². The number of nitrogens with zero attached hydrogens (tertiary/aromatic N) is 4. The third kappa shape index (κ3) is 5.25. The maximum absolute atomic E-state index is 13.7. The van der Waals surface area contributed by atoms with Crippen molar-refractivity contribution in [3.8, 4) is 0 Å². The van der Waals surface area contributed by atoms with Crippen LogP contribution < -0.4 is 0 Å². The van der Waals surface area contributed by atoms with Crippen molar-refractivity contribution in [1.82, 2.24) is 19.6 Å². The summed E-state index contributed by atoms with van der Waals surface area (Å²) in [5, 5.41) is 4.51. The molecule has 37 heavy (non-hydrogen) atoms. The molecule has 194 valence electrons. The molecule has 1 aromatic heterocycles. The topological polar surface area (TPSA) is 58.4 Å². The Morgan fingerprint density at radius 2 is 1.97 bits per heavy atom. The largest absolute Gasteiger partial charge is 0.416 e. The molecule has 0 radical (unpaired) electrons. The number of amides is 2. The van der Waals surface area contributed by atoms with Crippen LogP contribution in [0.4, 0.5) is 22.4 Å². The van der Waals surface area contributed by atoms with Crippen LogP contribution in [-0.2, 0) is 17.5 Å². The van der Waals surface area contributed by atoms with E-state index in [1.54, 1.807) is 31.3 Å². The number of carbonyl (C=O) groups excluding carboxylic acids is 2. The Morgan fingerprint density at radius 3 is 2.68 bits per heavy atom. The van der Waals surface area contributed by atoms with Gasteiger partial charge in [0.2, 0.25) is 0 Å². The number of hydrogen-bond donors (Lipinski definition) is 0. The molecule has 6 nitrogen and oxygen atoms in total. The van der Waals surface area contributed by atoms with E-state index in [4.69, 9.17) is 11.6 Å². The number of rotatable bonds is 5. The molecule has 0 saturated carbocycles. The van der Waals surface area contributed by atoms with Crippen LogP contribution in [-0.4, -0.2) is 63.1 Å². The highest BCUT2D eigenvalue weighted by Crippen LogP contribution is 2.36. The Hall–Kier alpha value is -2.89. The van der Waals surface area contributed by atoms with Crippen LogP contribution in [0.5, 0.6) is 0 Å². The molecule has 2 amide bonds. The highest BCUT2D eigenvalue weighted by Gasteiger charge is 2.39. The van der Waals surface area contributed by atoms with Crippen molar-refractivity contribution in [1.29, 1.82) is 0 Å². The number of fused-ring (bicyclic) bond motifs is 1. The molecule has 2 aromatic carbocycles. The SMILES string of the molecule is CN1C[C@H](F)C[C@H]1CN1C(=O)SC(=Cc2ccc3c(cnn3Cc3ccc(Cl)cc3C(F)(F)F)c2)C1=O. The lowest BCUT2D eigenvalue weighted by Crippen LogP contribution is -2.40. The van der Waals surface area contributed by atoms with Crippen LogP contribution in [0.15, 0.2) is 47.5 Å². The maximum Gasteiger partial charge on any atom is 0.416 e. The van der Waals surface area contributed by atoms with Gasteiger partial charge in [-0.05, 0) is 66.7 Å². The van der Waals surface area contributed by atoms with Gasteiger partial charge in [-0.2, -0.15) is 18.3 Å². The van der Waals surface area contributed by atoms with Crippen LogP contribution in [0.2, 0.25) is 5.02 Å². The molecule has 2 atom stereocenters. The van der Waals surface area contributed by atoms with Gasteiger partial charge in [0.15, 0.2) is 0 Å². The molecule has 0 unspecified atom stereocenters. The van der Waals surface area contributed by atoms with Crippen molar-refractivity contribution in [2.24, 2.45) is 0 Å². The Balaban J connectivity index is 1.36. The van der Waals surface area contributed by atoms with Crippen molar-refractivity contribution >= 4 is 51.5 Å². The summed E-state index contributed by atoms with van der Waals surface area (Å²) in [6, 6.07) is 8.58. The number of hydrogen-bond acceptors (Lipinski definition) is 5. The second-order valence-corrected chi connectivity index (χ2v) is 10.6. The first-order chi connectivity index (χ1) is 17.5. The summed E-state index contributed by atoms with van der Waals surface area (Å²) in [6.45, 7) is 0.304. The molecule has 2 saturated heterocycles. The standard InChI is InChI=1S/C25H21ClF4N4O2S/c1-32-12-18(27)9-19(32)13-33-23(35)22(37-24(33)36)7-14-2-5-21-16(6-14)10-31-34(21)11-15-3-4-17(26)8-20(15)25(28,29)30/h2-8,10,18-19H,9,11-13H2,1H3/t18-,19+/m1/s1. The fourth-order valence-electron chi connectivity index (χ4n) is 4.68. The van der Waals surface area contributed by atoms with Crippen molar-refractivity contribution in [3.63, 3.8) is 0 Å². The van der Waals surface area contributed by atoms with Gasteiger partial charge in [0.1, 0.15) is 6.17 Å². The molecule has 12 heteroatoms. The second kappa shape index (κ2) is 9.77. The van der Waals surface area contributed by atoms with Crippen molar-refractivity contribution in [2.45, 2.75) is 31.4 Å². The van der Waals surface area contributed by atoms with E-state index in [9.17, 15) is 27.2 Å². The van der Waals surface area contributed by atoms with E-state index < -0.39 is 29.1 Å². The number of likely N-dealkylation sites (N-methyl/N-ethyl adjacent to an activating group) is 1. The molecule has 2 aliphatic heterocycles. The third-order valence-corrected chi connectivity index (χ3v) is 7.71. The summed E-state index contributed by atoms with van der Waals surface area (Å²) in [5.74, 6) is -0.427. The summed E-state index contributed by atoms with van der Waals surface area (Å²) >= 11 is 6.60. The minimum absolute atomic E-state index is 0.00248. The van der Waals surface area contributed by atoms with Crippen molar-refractivity contribution in [3.05, 3.63) is 69.2 Å². The van der Waals surface area contributed by atoms with E-state index >= 15 is 0 Å². The van der Waals surface area contributed by atoms with Gasteiger partial charge in [0.05, 0.1) is 28.7 Å². The monoisotopic (exact) mass is 552 g/mol. The number of imide groups is 1. The lowest BCUT2D eigenvalue weighted by molar-refractivity contribution is -0.138. The van der Waals surface area contributed by atoms with E-state index in [1.165, 1.54) is 23.0 Å². The first-order valence-electron chi connectivity index (χ1n) is 11.4. The van der Waals surface area contributed by atoms with Gasteiger partial charge in [0, 0.05) is 29.5 Å². The zero-order valence-corrected chi connectivity index (χ0v) is 21.1.